The Hall–Kier alpha value is -1.66. The lowest BCUT2D eigenvalue weighted by molar-refractivity contribution is 0.207. The molecule has 2 rings (SSSR count). The van der Waals surface area contributed by atoms with Crippen molar-refractivity contribution in [3.8, 4) is 5.88 Å². The summed E-state index contributed by atoms with van der Waals surface area (Å²) in [5, 5.41) is 1.08. The van der Waals surface area contributed by atoms with Gasteiger partial charge in [-0.1, -0.05) is 18.5 Å². The maximum absolute atomic E-state index is 5.92. The van der Waals surface area contributed by atoms with Gasteiger partial charge in [0.05, 0.1) is 6.10 Å². The van der Waals surface area contributed by atoms with Gasteiger partial charge in [0.1, 0.15) is 5.82 Å². The van der Waals surface area contributed by atoms with Crippen molar-refractivity contribution in [2.75, 3.05) is 11.5 Å². The molecule has 5 nitrogen and oxygen atoms in total. The SMILES string of the molecule is CCC(C)Oc1cc(N)nc(Sc2ccc(Cl)cc2N)n1. The second kappa shape index (κ2) is 6.87. The topological polar surface area (TPSA) is 87.0 Å². The van der Waals surface area contributed by atoms with E-state index in [1.807, 2.05) is 19.9 Å². The van der Waals surface area contributed by atoms with Crippen molar-refractivity contribution in [2.24, 2.45) is 0 Å². The van der Waals surface area contributed by atoms with Crippen molar-refractivity contribution in [1.82, 2.24) is 9.97 Å². The van der Waals surface area contributed by atoms with E-state index in [4.69, 9.17) is 27.8 Å². The number of halogens is 1. The first kappa shape index (κ1) is 15.7. The van der Waals surface area contributed by atoms with Crippen LogP contribution in [0.3, 0.4) is 0 Å². The van der Waals surface area contributed by atoms with Crippen LogP contribution < -0.4 is 16.2 Å². The predicted molar refractivity (Wildman–Crippen MR) is 86.8 cm³/mol. The Morgan fingerprint density at radius 2 is 2.05 bits per heavy atom. The molecule has 2 aromatic rings. The molecule has 1 atom stereocenters. The fourth-order valence-corrected chi connectivity index (χ4v) is 2.50. The second-order valence-electron chi connectivity index (χ2n) is 4.53. The van der Waals surface area contributed by atoms with Crippen molar-refractivity contribution in [3.63, 3.8) is 0 Å². The Kier molecular flexibility index (Phi) is 5.14. The summed E-state index contributed by atoms with van der Waals surface area (Å²) in [6, 6.07) is 6.89. The summed E-state index contributed by atoms with van der Waals surface area (Å²) in [4.78, 5) is 9.35. The van der Waals surface area contributed by atoms with E-state index in [1.54, 1.807) is 18.2 Å². The number of nitrogens with zero attached hydrogens (tertiary/aromatic N) is 2. The molecule has 1 aromatic carbocycles. The van der Waals surface area contributed by atoms with Crippen LogP contribution in [0.2, 0.25) is 5.02 Å². The molecule has 0 saturated heterocycles. The fraction of sp³-hybridized carbons (Fsp3) is 0.286. The van der Waals surface area contributed by atoms with Crippen molar-refractivity contribution in [1.29, 1.82) is 0 Å². The van der Waals surface area contributed by atoms with Gasteiger partial charge in [-0.15, -0.1) is 0 Å². The van der Waals surface area contributed by atoms with Crippen LogP contribution in [0.15, 0.2) is 34.3 Å². The van der Waals surface area contributed by atoms with Crippen molar-refractivity contribution >= 4 is 34.9 Å². The predicted octanol–water partition coefficient (Wildman–Crippen LogP) is 3.62. The third-order valence-corrected chi connectivity index (χ3v) is 3.96. The summed E-state index contributed by atoms with van der Waals surface area (Å²) in [6.07, 6.45) is 0.953. The standard InChI is InChI=1S/C14H17ClN4OS/c1-3-8(2)20-13-7-12(17)18-14(19-13)21-11-5-4-9(15)6-10(11)16/h4-8H,3,16H2,1-2H3,(H2,17,18,19). The molecular formula is C14H17ClN4OS. The Morgan fingerprint density at radius 1 is 1.29 bits per heavy atom. The molecule has 0 bridgehead atoms. The van der Waals surface area contributed by atoms with Gasteiger partial charge in [0.15, 0.2) is 5.16 Å². The largest absolute Gasteiger partial charge is 0.475 e. The third-order valence-electron chi connectivity index (χ3n) is 2.77. The van der Waals surface area contributed by atoms with E-state index in [0.29, 0.717) is 27.6 Å². The van der Waals surface area contributed by atoms with Crippen molar-refractivity contribution in [2.45, 2.75) is 36.4 Å². The Morgan fingerprint density at radius 3 is 2.71 bits per heavy atom. The lowest BCUT2D eigenvalue weighted by Crippen LogP contribution is -2.11. The van der Waals surface area contributed by atoms with Gasteiger partial charge in [-0.2, -0.15) is 4.98 Å². The minimum atomic E-state index is 0.0674. The molecule has 0 aliphatic carbocycles. The van der Waals surface area contributed by atoms with Gasteiger partial charge in [0.2, 0.25) is 5.88 Å². The normalized spacial score (nSPS) is 12.1. The van der Waals surface area contributed by atoms with E-state index in [-0.39, 0.29) is 6.10 Å². The highest BCUT2D eigenvalue weighted by atomic mass is 35.5. The van der Waals surface area contributed by atoms with Gasteiger partial charge < -0.3 is 16.2 Å². The van der Waals surface area contributed by atoms with E-state index in [2.05, 4.69) is 9.97 Å². The number of anilines is 2. The number of ether oxygens (including phenoxy) is 1. The minimum absolute atomic E-state index is 0.0674. The maximum Gasteiger partial charge on any atom is 0.219 e. The number of nitrogens with two attached hydrogens (primary N) is 2. The van der Waals surface area contributed by atoms with Gasteiger partial charge in [0, 0.05) is 21.7 Å². The summed E-state index contributed by atoms with van der Waals surface area (Å²) >= 11 is 7.20. The average Bonchev–Trinajstić information content (AvgIpc) is 2.41. The van der Waals surface area contributed by atoms with E-state index in [0.717, 1.165) is 11.3 Å². The van der Waals surface area contributed by atoms with Crippen LogP contribution in [0, 0.1) is 0 Å². The highest BCUT2D eigenvalue weighted by Gasteiger charge is 2.10. The van der Waals surface area contributed by atoms with Crippen molar-refractivity contribution < 1.29 is 4.74 Å². The number of aromatic nitrogens is 2. The van der Waals surface area contributed by atoms with E-state index in [1.165, 1.54) is 11.8 Å². The lowest BCUT2D eigenvalue weighted by atomic mass is 10.3. The number of hydrogen-bond acceptors (Lipinski definition) is 6. The van der Waals surface area contributed by atoms with Crippen LogP contribution in [0.1, 0.15) is 20.3 Å². The molecule has 0 spiro atoms. The first-order valence-electron chi connectivity index (χ1n) is 6.52. The number of rotatable bonds is 5. The Balaban J connectivity index is 2.23. The molecule has 1 aromatic heterocycles. The summed E-state index contributed by atoms with van der Waals surface area (Å²) in [6.45, 7) is 4.02. The molecular weight excluding hydrogens is 308 g/mol. The average molecular weight is 325 g/mol. The molecule has 1 unspecified atom stereocenters. The van der Waals surface area contributed by atoms with Crippen LogP contribution in [-0.4, -0.2) is 16.1 Å². The van der Waals surface area contributed by atoms with Gasteiger partial charge >= 0.3 is 0 Å². The molecule has 112 valence electrons. The summed E-state index contributed by atoms with van der Waals surface area (Å²) in [7, 11) is 0. The van der Waals surface area contributed by atoms with Crippen molar-refractivity contribution in [3.05, 3.63) is 29.3 Å². The molecule has 0 amide bonds. The first-order chi connectivity index (χ1) is 9.97. The second-order valence-corrected chi connectivity index (χ2v) is 5.98. The van der Waals surface area contributed by atoms with Gasteiger partial charge in [-0.3, -0.25) is 0 Å². The summed E-state index contributed by atoms with van der Waals surface area (Å²) in [5.74, 6) is 0.824. The number of benzene rings is 1. The zero-order chi connectivity index (χ0) is 15.4. The molecule has 0 saturated carbocycles. The van der Waals surface area contributed by atoms with Crippen LogP contribution in [0.5, 0.6) is 5.88 Å². The minimum Gasteiger partial charge on any atom is -0.475 e. The molecule has 0 radical (unpaired) electrons. The number of nitrogen functional groups attached to an aromatic ring is 2. The van der Waals surface area contributed by atoms with Crippen LogP contribution >= 0.6 is 23.4 Å². The highest BCUT2D eigenvalue weighted by Crippen LogP contribution is 2.32. The fourth-order valence-electron chi connectivity index (χ4n) is 1.53. The first-order valence-corrected chi connectivity index (χ1v) is 7.71. The molecule has 4 N–H and O–H groups in total. The summed E-state index contributed by atoms with van der Waals surface area (Å²) < 4.78 is 5.68. The van der Waals surface area contributed by atoms with Gasteiger partial charge in [0.25, 0.3) is 0 Å². The Labute approximate surface area is 133 Å². The molecule has 21 heavy (non-hydrogen) atoms. The van der Waals surface area contributed by atoms with Crippen LogP contribution in [0.25, 0.3) is 0 Å². The van der Waals surface area contributed by atoms with E-state index >= 15 is 0 Å². The Bertz CT molecular complexity index is 638. The monoisotopic (exact) mass is 324 g/mol. The molecule has 0 aliphatic rings. The summed E-state index contributed by atoms with van der Waals surface area (Å²) in [5.41, 5.74) is 12.3. The van der Waals surface area contributed by atoms with E-state index < -0.39 is 0 Å². The zero-order valence-electron chi connectivity index (χ0n) is 11.8. The lowest BCUT2D eigenvalue weighted by Gasteiger charge is -2.12. The van der Waals surface area contributed by atoms with E-state index in [9.17, 15) is 0 Å². The molecule has 1 heterocycles. The molecule has 7 heteroatoms. The van der Waals surface area contributed by atoms with Gasteiger partial charge in [-0.05, 0) is 43.3 Å². The highest BCUT2D eigenvalue weighted by molar-refractivity contribution is 7.99. The van der Waals surface area contributed by atoms with Gasteiger partial charge in [-0.25, -0.2) is 4.98 Å². The van der Waals surface area contributed by atoms with Crippen LogP contribution in [-0.2, 0) is 0 Å². The smallest absolute Gasteiger partial charge is 0.219 e. The zero-order valence-corrected chi connectivity index (χ0v) is 13.4. The quantitative estimate of drug-likeness (QED) is 0.645. The third kappa shape index (κ3) is 4.41. The maximum atomic E-state index is 5.92. The molecule has 0 fully saturated rings. The molecule has 0 aliphatic heterocycles. The number of hydrogen-bond donors (Lipinski definition) is 2. The van der Waals surface area contributed by atoms with Crippen LogP contribution in [0.4, 0.5) is 11.5 Å².